The van der Waals surface area contributed by atoms with E-state index in [-0.39, 0.29) is 11.7 Å². The maximum atomic E-state index is 13.2. The van der Waals surface area contributed by atoms with Gasteiger partial charge in [-0.1, -0.05) is 6.07 Å². The minimum Gasteiger partial charge on any atom is -0.368 e. The molecule has 0 aliphatic carbocycles. The van der Waals surface area contributed by atoms with Gasteiger partial charge in [0.15, 0.2) is 4.96 Å². The van der Waals surface area contributed by atoms with Crippen LogP contribution in [0.15, 0.2) is 60.1 Å². The van der Waals surface area contributed by atoms with Gasteiger partial charge in [-0.05, 0) is 42.5 Å². The SMILES string of the molecule is O=C(c1csc2nc(-c3ccc(F)cc3)cn12)N1CCN(c2cccc(C(F)(F)F)c2)CC1. The van der Waals surface area contributed by atoms with Gasteiger partial charge in [0, 0.05) is 49.0 Å². The lowest BCUT2D eigenvalue weighted by Crippen LogP contribution is -2.49. The van der Waals surface area contributed by atoms with Gasteiger partial charge in [-0.15, -0.1) is 11.3 Å². The number of hydrogen-bond donors (Lipinski definition) is 0. The van der Waals surface area contributed by atoms with Crippen LogP contribution >= 0.6 is 11.3 Å². The molecule has 1 amide bonds. The van der Waals surface area contributed by atoms with Crippen molar-refractivity contribution in [2.24, 2.45) is 0 Å². The van der Waals surface area contributed by atoms with E-state index in [4.69, 9.17) is 0 Å². The first-order valence-corrected chi connectivity index (χ1v) is 11.1. The van der Waals surface area contributed by atoms with Gasteiger partial charge in [-0.3, -0.25) is 9.20 Å². The van der Waals surface area contributed by atoms with E-state index >= 15 is 0 Å². The Morgan fingerprint density at radius 1 is 1.00 bits per heavy atom. The maximum Gasteiger partial charge on any atom is 0.416 e. The predicted molar refractivity (Wildman–Crippen MR) is 118 cm³/mol. The van der Waals surface area contributed by atoms with Crippen LogP contribution in [0.2, 0.25) is 0 Å². The largest absolute Gasteiger partial charge is 0.416 e. The molecule has 0 spiro atoms. The first-order valence-electron chi connectivity index (χ1n) is 10.2. The highest BCUT2D eigenvalue weighted by molar-refractivity contribution is 7.15. The number of nitrogens with zero attached hydrogens (tertiary/aromatic N) is 4. The predicted octanol–water partition coefficient (Wildman–Crippen LogP) is 5.18. The van der Waals surface area contributed by atoms with Crippen molar-refractivity contribution in [1.82, 2.24) is 14.3 Å². The van der Waals surface area contributed by atoms with Crippen molar-refractivity contribution in [3.8, 4) is 11.3 Å². The van der Waals surface area contributed by atoms with Crippen molar-refractivity contribution in [3.05, 3.63) is 77.2 Å². The van der Waals surface area contributed by atoms with Crippen LogP contribution in [0, 0.1) is 5.82 Å². The molecular weight excluding hydrogens is 456 g/mol. The summed E-state index contributed by atoms with van der Waals surface area (Å²) in [5.41, 5.74) is 1.68. The average Bonchev–Trinajstić information content (AvgIpc) is 3.40. The topological polar surface area (TPSA) is 40.9 Å². The highest BCUT2D eigenvalue weighted by Gasteiger charge is 2.31. The summed E-state index contributed by atoms with van der Waals surface area (Å²) < 4.78 is 54.0. The first kappa shape index (κ1) is 21.4. The number of thiazole rings is 1. The Balaban J connectivity index is 1.31. The highest BCUT2D eigenvalue weighted by atomic mass is 32.1. The molecule has 1 aliphatic rings. The first-order chi connectivity index (χ1) is 15.8. The van der Waals surface area contributed by atoms with Gasteiger partial charge < -0.3 is 9.80 Å². The lowest BCUT2D eigenvalue weighted by molar-refractivity contribution is -0.137. The zero-order valence-corrected chi connectivity index (χ0v) is 18.0. The van der Waals surface area contributed by atoms with Gasteiger partial charge in [0.05, 0.1) is 11.3 Å². The molecule has 10 heteroatoms. The van der Waals surface area contributed by atoms with E-state index in [1.807, 2.05) is 4.90 Å². The fourth-order valence-corrected chi connectivity index (χ4v) is 4.75. The molecule has 1 aliphatic heterocycles. The Hall–Kier alpha value is -3.40. The zero-order valence-electron chi connectivity index (χ0n) is 17.2. The molecule has 2 aromatic heterocycles. The monoisotopic (exact) mass is 474 g/mol. The zero-order chi connectivity index (χ0) is 23.2. The number of carbonyl (C=O) groups is 1. The number of hydrogen-bond acceptors (Lipinski definition) is 4. The minimum absolute atomic E-state index is 0.159. The fraction of sp³-hybridized carbons (Fsp3) is 0.217. The van der Waals surface area contributed by atoms with Crippen molar-refractivity contribution in [2.45, 2.75) is 6.18 Å². The number of fused-ring (bicyclic) bond motifs is 1. The van der Waals surface area contributed by atoms with E-state index in [1.165, 1.54) is 29.5 Å². The Labute approximate surface area is 190 Å². The summed E-state index contributed by atoms with van der Waals surface area (Å²) in [5, 5.41) is 1.75. The van der Waals surface area contributed by atoms with Crippen molar-refractivity contribution >= 4 is 27.9 Å². The van der Waals surface area contributed by atoms with Crippen LogP contribution in [0.3, 0.4) is 0 Å². The summed E-state index contributed by atoms with van der Waals surface area (Å²) >= 11 is 1.34. The van der Waals surface area contributed by atoms with Crippen molar-refractivity contribution in [3.63, 3.8) is 0 Å². The number of alkyl halides is 3. The van der Waals surface area contributed by atoms with Crippen LogP contribution in [0.5, 0.6) is 0 Å². The van der Waals surface area contributed by atoms with E-state index in [1.54, 1.807) is 39.1 Å². The molecule has 170 valence electrons. The minimum atomic E-state index is -4.39. The van der Waals surface area contributed by atoms with Gasteiger partial charge in [-0.2, -0.15) is 13.2 Å². The van der Waals surface area contributed by atoms with E-state index < -0.39 is 11.7 Å². The van der Waals surface area contributed by atoms with E-state index in [2.05, 4.69) is 4.98 Å². The van der Waals surface area contributed by atoms with Crippen LogP contribution in [-0.2, 0) is 6.18 Å². The van der Waals surface area contributed by atoms with Crippen LogP contribution in [-0.4, -0.2) is 46.4 Å². The maximum absolute atomic E-state index is 13.2. The third kappa shape index (κ3) is 4.18. The number of piperazine rings is 1. The molecule has 0 atom stereocenters. The molecule has 33 heavy (non-hydrogen) atoms. The normalized spacial score (nSPS) is 14.8. The molecule has 5 nitrogen and oxygen atoms in total. The highest BCUT2D eigenvalue weighted by Crippen LogP contribution is 2.32. The van der Waals surface area contributed by atoms with Crippen molar-refractivity contribution < 1.29 is 22.4 Å². The Bertz CT molecular complexity index is 1300. The Morgan fingerprint density at radius 2 is 1.73 bits per heavy atom. The number of rotatable bonds is 3. The summed E-state index contributed by atoms with van der Waals surface area (Å²) in [5.74, 6) is -0.493. The van der Waals surface area contributed by atoms with Crippen LogP contribution in [0.4, 0.5) is 23.2 Å². The number of anilines is 1. The number of halogens is 4. The molecule has 1 saturated heterocycles. The Morgan fingerprint density at radius 3 is 2.42 bits per heavy atom. The standard InChI is InChI=1S/C23H18F4N4OS/c24-17-6-4-15(5-7-17)19-13-31-20(14-33-22(31)28-19)21(32)30-10-8-29(9-11-30)18-3-1-2-16(12-18)23(25,26)27/h1-7,12-14H,8-11H2. The van der Waals surface area contributed by atoms with Crippen LogP contribution < -0.4 is 4.90 Å². The molecule has 0 N–H and O–H groups in total. The second kappa shape index (κ2) is 8.18. The summed E-state index contributed by atoms with van der Waals surface area (Å²) in [7, 11) is 0. The molecule has 3 heterocycles. The number of carbonyl (C=O) groups excluding carboxylic acids is 1. The fourth-order valence-electron chi connectivity index (χ4n) is 3.91. The molecule has 0 unspecified atom stereocenters. The Kier molecular flexibility index (Phi) is 5.32. The number of aromatic nitrogens is 2. The van der Waals surface area contributed by atoms with E-state index in [0.717, 1.165) is 17.7 Å². The summed E-state index contributed by atoms with van der Waals surface area (Å²) in [6.45, 7) is 1.66. The molecule has 4 aromatic rings. The molecule has 0 bridgehead atoms. The molecule has 1 fully saturated rings. The van der Waals surface area contributed by atoms with Gasteiger partial charge in [0.25, 0.3) is 5.91 Å². The molecule has 5 rings (SSSR count). The average molecular weight is 474 g/mol. The third-order valence-electron chi connectivity index (χ3n) is 5.67. The van der Waals surface area contributed by atoms with Crippen molar-refractivity contribution in [1.29, 1.82) is 0 Å². The number of benzene rings is 2. The quantitative estimate of drug-likeness (QED) is 0.384. The van der Waals surface area contributed by atoms with Crippen LogP contribution in [0.1, 0.15) is 16.1 Å². The van der Waals surface area contributed by atoms with Gasteiger partial charge in [0.1, 0.15) is 11.5 Å². The molecule has 0 saturated carbocycles. The van der Waals surface area contributed by atoms with Gasteiger partial charge >= 0.3 is 6.18 Å². The molecular formula is C23H18F4N4OS. The lowest BCUT2D eigenvalue weighted by atomic mass is 10.1. The van der Waals surface area contributed by atoms with E-state index in [9.17, 15) is 22.4 Å². The molecule has 2 aromatic carbocycles. The number of amides is 1. The van der Waals surface area contributed by atoms with Gasteiger partial charge in [-0.25, -0.2) is 9.37 Å². The van der Waals surface area contributed by atoms with E-state index in [0.29, 0.717) is 48.2 Å². The second-order valence-electron chi connectivity index (χ2n) is 7.73. The number of imidazole rings is 1. The molecule has 0 radical (unpaired) electrons. The second-order valence-corrected chi connectivity index (χ2v) is 8.57. The summed E-state index contributed by atoms with van der Waals surface area (Å²) in [4.78, 5) is 21.9. The summed E-state index contributed by atoms with van der Waals surface area (Å²) in [6, 6.07) is 11.2. The van der Waals surface area contributed by atoms with Gasteiger partial charge in [0.2, 0.25) is 0 Å². The smallest absolute Gasteiger partial charge is 0.368 e. The van der Waals surface area contributed by atoms with Crippen molar-refractivity contribution in [2.75, 3.05) is 31.1 Å². The summed E-state index contributed by atoms with van der Waals surface area (Å²) in [6.07, 6.45) is -2.64. The third-order valence-corrected chi connectivity index (χ3v) is 6.51. The lowest BCUT2D eigenvalue weighted by Gasteiger charge is -2.36. The van der Waals surface area contributed by atoms with Crippen LogP contribution in [0.25, 0.3) is 16.2 Å².